The van der Waals surface area contributed by atoms with Crippen LogP contribution in [0.4, 0.5) is 0 Å². The summed E-state index contributed by atoms with van der Waals surface area (Å²) in [6.07, 6.45) is 1.16. The van der Waals surface area contributed by atoms with Crippen LogP contribution in [0.1, 0.15) is 24.9 Å². The number of nitrogens with one attached hydrogen (secondary N) is 1. The predicted octanol–water partition coefficient (Wildman–Crippen LogP) is 2.35. The second-order valence-electron chi connectivity index (χ2n) is 3.90. The van der Waals surface area contributed by atoms with Gasteiger partial charge in [-0.15, -0.1) is 0 Å². The van der Waals surface area contributed by atoms with Gasteiger partial charge in [-0.05, 0) is 30.4 Å². The van der Waals surface area contributed by atoms with E-state index in [0.29, 0.717) is 0 Å². The van der Waals surface area contributed by atoms with Crippen LogP contribution in [0.15, 0.2) is 18.2 Å². The highest BCUT2D eigenvalue weighted by Gasteiger charge is 2.15. The fourth-order valence-electron chi connectivity index (χ4n) is 1.68. The van der Waals surface area contributed by atoms with Gasteiger partial charge in [0.1, 0.15) is 11.5 Å². The minimum absolute atomic E-state index is 0.0617. The van der Waals surface area contributed by atoms with Crippen molar-refractivity contribution < 1.29 is 9.47 Å². The lowest BCUT2D eigenvalue weighted by Gasteiger charge is -2.19. The largest absolute Gasteiger partial charge is 0.497 e. The van der Waals surface area contributed by atoms with Crippen LogP contribution in [0.3, 0.4) is 0 Å². The van der Waals surface area contributed by atoms with Gasteiger partial charge < -0.3 is 9.47 Å². The lowest BCUT2D eigenvalue weighted by atomic mass is 10.1. The molecule has 3 N–H and O–H groups in total. The molecule has 1 atom stereocenters. The third-order valence-corrected chi connectivity index (χ3v) is 3.91. The first-order chi connectivity index (χ1) is 8.76. The van der Waals surface area contributed by atoms with Crippen molar-refractivity contribution in [3.8, 4) is 11.5 Å². The normalized spacial score (nSPS) is 12.2. The van der Waals surface area contributed by atoms with Gasteiger partial charge in [0.05, 0.1) is 20.3 Å². The van der Waals surface area contributed by atoms with Crippen LogP contribution in [0.25, 0.3) is 0 Å². The Kier molecular flexibility index (Phi) is 6.93. The molecular formula is C13H22N2O2S. The van der Waals surface area contributed by atoms with E-state index in [0.717, 1.165) is 35.0 Å². The summed E-state index contributed by atoms with van der Waals surface area (Å²) < 4.78 is 10.6. The van der Waals surface area contributed by atoms with Crippen LogP contribution < -0.4 is 20.7 Å². The summed E-state index contributed by atoms with van der Waals surface area (Å²) in [5, 5.41) is 0. The molecule has 0 amide bonds. The van der Waals surface area contributed by atoms with Gasteiger partial charge >= 0.3 is 0 Å². The maximum absolute atomic E-state index is 5.64. The molecule has 0 spiro atoms. The van der Waals surface area contributed by atoms with Crippen molar-refractivity contribution in [2.45, 2.75) is 19.4 Å². The quantitative estimate of drug-likeness (QED) is 0.431. The Balaban J connectivity index is 2.87. The highest BCUT2D eigenvalue weighted by molar-refractivity contribution is 7.99. The van der Waals surface area contributed by atoms with E-state index in [1.165, 1.54) is 0 Å². The molecule has 0 radical (unpaired) electrons. The number of nitrogens with two attached hydrogens (primary N) is 1. The second-order valence-corrected chi connectivity index (χ2v) is 5.05. The first-order valence-corrected chi connectivity index (χ1v) is 7.18. The molecule has 102 valence electrons. The van der Waals surface area contributed by atoms with Crippen LogP contribution in [-0.2, 0) is 0 Å². The fourth-order valence-corrected chi connectivity index (χ4v) is 2.65. The lowest BCUT2D eigenvalue weighted by Crippen LogP contribution is -2.30. The van der Waals surface area contributed by atoms with Crippen molar-refractivity contribution >= 4 is 11.8 Å². The molecule has 1 aromatic rings. The Bertz CT molecular complexity index is 361. The molecule has 0 fully saturated rings. The van der Waals surface area contributed by atoms with Gasteiger partial charge in [-0.1, -0.05) is 6.92 Å². The summed E-state index contributed by atoms with van der Waals surface area (Å²) in [5.74, 6) is 9.32. The van der Waals surface area contributed by atoms with Gasteiger partial charge in [0.25, 0.3) is 0 Å². The van der Waals surface area contributed by atoms with Crippen molar-refractivity contribution in [3.05, 3.63) is 23.8 Å². The average Bonchev–Trinajstić information content (AvgIpc) is 2.43. The maximum Gasteiger partial charge on any atom is 0.123 e. The molecule has 1 aromatic carbocycles. The molecule has 0 heterocycles. The highest BCUT2D eigenvalue weighted by atomic mass is 32.2. The Hall–Kier alpha value is -0.910. The molecule has 1 rings (SSSR count). The standard InChI is InChI=1S/C13H22N2O2S/c1-4-7-18-9-12(15-14)11-8-10(16-2)5-6-13(11)17-3/h5-6,8,12,15H,4,7,9,14H2,1-3H3. The van der Waals surface area contributed by atoms with E-state index >= 15 is 0 Å². The number of hydrogen-bond donors (Lipinski definition) is 2. The molecule has 5 heteroatoms. The number of thioether (sulfide) groups is 1. The summed E-state index contributed by atoms with van der Waals surface area (Å²) >= 11 is 1.87. The molecule has 0 bridgehead atoms. The van der Waals surface area contributed by atoms with Crippen LogP contribution in [-0.4, -0.2) is 25.7 Å². The molecule has 4 nitrogen and oxygen atoms in total. The van der Waals surface area contributed by atoms with Gasteiger partial charge in [-0.2, -0.15) is 11.8 Å². The number of benzene rings is 1. The first-order valence-electron chi connectivity index (χ1n) is 6.02. The van der Waals surface area contributed by atoms with E-state index < -0.39 is 0 Å². The van der Waals surface area contributed by atoms with Gasteiger partial charge in [0, 0.05) is 11.3 Å². The van der Waals surface area contributed by atoms with Crippen LogP contribution in [0.5, 0.6) is 11.5 Å². The molecule has 18 heavy (non-hydrogen) atoms. The smallest absolute Gasteiger partial charge is 0.123 e. The molecule has 0 saturated carbocycles. The van der Waals surface area contributed by atoms with Crippen molar-refractivity contribution in [2.24, 2.45) is 5.84 Å². The minimum atomic E-state index is 0.0617. The molecule has 0 saturated heterocycles. The Morgan fingerprint density at radius 3 is 2.67 bits per heavy atom. The van der Waals surface area contributed by atoms with Gasteiger partial charge in [-0.25, -0.2) is 0 Å². The number of rotatable bonds is 8. The van der Waals surface area contributed by atoms with Crippen molar-refractivity contribution in [1.29, 1.82) is 0 Å². The Morgan fingerprint density at radius 2 is 2.11 bits per heavy atom. The zero-order chi connectivity index (χ0) is 13.4. The van der Waals surface area contributed by atoms with E-state index in [2.05, 4.69) is 12.3 Å². The lowest BCUT2D eigenvalue weighted by molar-refractivity contribution is 0.393. The Morgan fingerprint density at radius 1 is 1.33 bits per heavy atom. The summed E-state index contributed by atoms with van der Waals surface area (Å²) in [4.78, 5) is 0. The number of hydrazine groups is 1. The van der Waals surface area contributed by atoms with E-state index in [4.69, 9.17) is 15.3 Å². The molecular weight excluding hydrogens is 248 g/mol. The van der Waals surface area contributed by atoms with Crippen molar-refractivity contribution in [3.63, 3.8) is 0 Å². The van der Waals surface area contributed by atoms with E-state index in [-0.39, 0.29) is 6.04 Å². The van der Waals surface area contributed by atoms with Crippen LogP contribution in [0.2, 0.25) is 0 Å². The van der Waals surface area contributed by atoms with Gasteiger partial charge in [-0.3, -0.25) is 11.3 Å². The monoisotopic (exact) mass is 270 g/mol. The zero-order valence-electron chi connectivity index (χ0n) is 11.2. The number of hydrogen-bond acceptors (Lipinski definition) is 5. The fraction of sp³-hybridized carbons (Fsp3) is 0.538. The van der Waals surface area contributed by atoms with Gasteiger partial charge in [0.2, 0.25) is 0 Å². The number of methoxy groups -OCH3 is 2. The highest BCUT2D eigenvalue weighted by Crippen LogP contribution is 2.30. The second kappa shape index (κ2) is 8.24. The Labute approximate surface area is 113 Å². The van der Waals surface area contributed by atoms with Crippen LogP contribution >= 0.6 is 11.8 Å². The van der Waals surface area contributed by atoms with Crippen molar-refractivity contribution in [2.75, 3.05) is 25.7 Å². The molecule has 0 aliphatic carbocycles. The molecule has 1 unspecified atom stereocenters. The predicted molar refractivity (Wildman–Crippen MR) is 77.2 cm³/mol. The first kappa shape index (κ1) is 15.1. The summed E-state index contributed by atoms with van der Waals surface area (Å²) in [6.45, 7) is 2.17. The van der Waals surface area contributed by atoms with E-state index in [1.54, 1.807) is 14.2 Å². The van der Waals surface area contributed by atoms with Crippen molar-refractivity contribution in [1.82, 2.24) is 5.43 Å². The third kappa shape index (κ3) is 4.08. The molecule has 0 aliphatic rings. The summed E-state index contributed by atoms with van der Waals surface area (Å²) in [7, 11) is 3.32. The SMILES string of the molecule is CCCSCC(NN)c1cc(OC)ccc1OC. The van der Waals surface area contributed by atoms with E-state index in [9.17, 15) is 0 Å². The van der Waals surface area contributed by atoms with Gasteiger partial charge in [0.15, 0.2) is 0 Å². The molecule has 0 aromatic heterocycles. The topological polar surface area (TPSA) is 56.5 Å². The summed E-state index contributed by atoms with van der Waals surface area (Å²) in [6, 6.07) is 5.82. The average molecular weight is 270 g/mol. The third-order valence-electron chi connectivity index (χ3n) is 2.65. The van der Waals surface area contributed by atoms with Crippen LogP contribution in [0, 0.1) is 0 Å². The maximum atomic E-state index is 5.64. The molecule has 0 aliphatic heterocycles. The van der Waals surface area contributed by atoms with E-state index in [1.807, 2.05) is 30.0 Å². The number of ether oxygens (including phenoxy) is 2. The summed E-state index contributed by atoms with van der Waals surface area (Å²) in [5.41, 5.74) is 3.88. The minimum Gasteiger partial charge on any atom is -0.497 e. The zero-order valence-corrected chi connectivity index (χ0v) is 12.0.